The molecule has 1 aliphatic heterocycles. The molecular formula is C26H22N2O7. The first-order valence-electron chi connectivity index (χ1n) is 10.7. The lowest BCUT2D eigenvalue weighted by molar-refractivity contribution is -0.117. The van der Waals surface area contributed by atoms with E-state index in [1.54, 1.807) is 50.2 Å². The van der Waals surface area contributed by atoms with Crippen molar-refractivity contribution in [1.82, 2.24) is 5.43 Å². The summed E-state index contributed by atoms with van der Waals surface area (Å²) in [7, 11) is 1.27. The second kappa shape index (κ2) is 9.68. The van der Waals surface area contributed by atoms with Crippen LogP contribution in [0.25, 0.3) is 17.4 Å². The predicted octanol–water partition coefficient (Wildman–Crippen LogP) is 3.76. The first-order chi connectivity index (χ1) is 16.8. The fraction of sp³-hybridized carbons (Fsp3) is 0.154. The number of amides is 2. The van der Waals surface area contributed by atoms with Gasteiger partial charge in [-0.3, -0.25) is 15.0 Å². The molecule has 9 nitrogen and oxygen atoms in total. The molecule has 0 aliphatic carbocycles. The smallest absolute Gasteiger partial charge is 0.338 e. The molecule has 0 atom stereocenters. The van der Waals surface area contributed by atoms with Crippen LogP contribution in [-0.4, -0.2) is 37.0 Å². The fourth-order valence-corrected chi connectivity index (χ4v) is 3.38. The van der Waals surface area contributed by atoms with Gasteiger partial charge in [-0.2, -0.15) is 0 Å². The number of hydrogen-bond acceptors (Lipinski definition) is 7. The van der Waals surface area contributed by atoms with E-state index in [1.807, 2.05) is 0 Å². The Morgan fingerprint density at radius 2 is 1.54 bits per heavy atom. The molecule has 2 aromatic carbocycles. The molecule has 3 aromatic rings. The van der Waals surface area contributed by atoms with Crippen molar-refractivity contribution in [3.05, 3.63) is 83.1 Å². The van der Waals surface area contributed by atoms with Gasteiger partial charge < -0.3 is 13.9 Å². The van der Waals surface area contributed by atoms with Gasteiger partial charge in [-0.05, 0) is 68.5 Å². The molecule has 4 rings (SSSR count). The molecule has 0 spiro atoms. The maximum Gasteiger partial charge on any atom is 0.338 e. The summed E-state index contributed by atoms with van der Waals surface area (Å²) >= 11 is 0. The Kier molecular flexibility index (Phi) is 6.50. The summed E-state index contributed by atoms with van der Waals surface area (Å²) in [6.45, 7) is 3.56. The van der Waals surface area contributed by atoms with Gasteiger partial charge in [-0.15, -0.1) is 0 Å². The number of nitrogens with one attached hydrogen (secondary N) is 1. The molecule has 0 radical (unpaired) electrons. The molecule has 2 heterocycles. The maximum absolute atomic E-state index is 12.8. The van der Waals surface area contributed by atoms with E-state index in [4.69, 9.17) is 9.15 Å². The van der Waals surface area contributed by atoms with Crippen LogP contribution in [0.4, 0.5) is 5.69 Å². The summed E-state index contributed by atoms with van der Waals surface area (Å²) in [5.74, 6) is -1.25. The van der Waals surface area contributed by atoms with Crippen LogP contribution >= 0.6 is 0 Å². The third kappa shape index (κ3) is 4.98. The average molecular weight is 474 g/mol. The Morgan fingerprint density at radius 1 is 0.914 bits per heavy atom. The van der Waals surface area contributed by atoms with E-state index in [-0.39, 0.29) is 11.7 Å². The van der Waals surface area contributed by atoms with E-state index in [0.29, 0.717) is 33.9 Å². The minimum absolute atomic E-state index is 0.102. The first-order valence-corrected chi connectivity index (χ1v) is 10.7. The highest BCUT2D eigenvalue weighted by Gasteiger charge is 2.34. The number of ether oxygens (including phenoxy) is 2. The Balaban J connectivity index is 1.50. The van der Waals surface area contributed by atoms with Crippen LogP contribution in [0.1, 0.15) is 40.3 Å². The molecule has 2 amide bonds. The molecule has 1 fully saturated rings. The zero-order chi connectivity index (χ0) is 25.1. The number of methoxy groups -OCH3 is 1. The largest absolute Gasteiger partial charge is 0.465 e. The van der Waals surface area contributed by atoms with Crippen molar-refractivity contribution in [2.24, 2.45) is 0 Å². The topological polar surface area (TPSA) is 115 Å². The Hall–Kier alpha value is -4.66. The molecule has 35 heavy (non-hydrogen) atoms. The molecular weight excluding hydrogens is 452 g/mol. The van der Waals surface area contributed by atoms with Crippen LogP contribution in [-0.2, 0) is 19.1 Å². The van der Waals surface area contributed by atoms with Crippen molar-refractivity contribution in [3.8, 4) is 11.3 Å². The van der Waals surface area contributed by atoms with Gasteiger partial charge in [0.2, 0.25) is 0 Å². The van der Waals surface area contributed by atoms with Gasteiger partial charge in [0.05, 0.1) is 30.0 Å². The third-order valence-corrected chi connectivity index (χ3v) is 5.10. The molecule has 178 valence electrons. The van der Waals surface area contributed by atoms with Gasteiger partial charge in [-0.1, -0.05) is 12.1 Å². The average Bonchev–Trinajstić information content (AvgIpc) is 3.43. The maximum atomic E-state index is 12.8. The highest BCUT2D eigenvalue weighted by molar-refractivity contribution is 6.31. The van der Waals surface area contributed by atoms with Crippen molar-refractivity contribution < 1.29 is 33.1 Å². The second-order valence-corrected chi connectivity index (χ2v) is 7.91. The zero-order valence-corrected chi connectivity index (χ0v) is 19.2. The lowest BCUT2D eigenvalue weighted by Crippen LogP contribution is -2.35. The van der Waals surface area contributed by atoms with Crippen molar-refractivity contribution in [3.63, 3.8) is 0 Å². The molecule has 0 saturated carbocycles. The van der Waals surface area contributed by atoms with E-state index in [0.717, 1.165) is 5.01 Å². The van der Waals surface area contributed by atoms with Crippen LogP contribution in [0.5, 0.6) is 0 Å². The Morgan fingerprint density at radius 3 is 2.17 bits per heavy atom. The summed E-state index contributed by atoms with van der Waals surface area (Å²) in [5, 5.41) is 1.09. The second-order valence-electron chi connectivity index (χ2n) is 7.91. The van der Waals surface area contributed by atoms with E-state index < -0.39 is 23.8 Å². The van der Waals surface area contributed by atoms with Gasteiger partial charge >= 0.3 is 11.9 Å². The fourth-order valence-electron chi connectivity index (χ4n) is 3.38. The molecule has 1 N–H and O–H groups in total. The van der Waals surface area contributed by atoms with Crippen molar-refractivity contribution in [1.29, 1.82) is 0 Å². The summed E-state index contributed by atoms with van der Waals surface area (Å²) in [4.78, 5) is 48.9. The van der Waals surface area contributed by atoms with Gasteiger partial charge in [0.1, 0.15) is 17.1 Å². The van der Waals surface area contributed by atoms with E-state index in [9.17, 15) is 19.2 Å². The van der Waals surface area contributed by atoms with Crippen LogP contribution in [0.2, 0.25) is 0 Å². The number of anilines is 1. The first kappa shape index (κ1) is 23.5. The Bertz CT molecular complexity index is 1320. The molecule has 1 aliphatic rings. The van der Waals surface area contributed by atoms with E-state index in [1.165, 1.54) is 37.5 Å². The normalized spacial score (nSPS) is 14.4. The number of hydrogen-bond donors (Lipinski definition) is 1. The number of carbonyl (C=O) groups excluding carboxylic acids is 4. The lowest BCUT2D eigenvalue weighted by Gasteiger charge is -2.14. The van der Waals surface area contributed by atoms with Gasteiger partial charge in [-0.25, -0.2) is 14.6 Å². The molecule has 0 unspecified atom stereocenters. The number of esters is 2. The van der Waals surface area contributed by atoms with Crippen molar-refractivity contribution >= 4 is 35.5 Å². The lowest BCUT2D eigenvalue weighted by atomic mass is 10.1. The number of hydrazine groups is 1. The van der Waals surface area contributed by atoms with Crippen LogP contribution in [0.15, 0.2) is 70.7 Å². The number of nitrogens with zero attached hydrogens (tertiary/aromatic N) is 1. The quantitative estimate of drug-likeness (QED) is 0.329. The summed E-state index contributed by atoms with van der Waals surface area (Å²) in [6, 6.07) is 16.1. The standard InChI is InChI=1S/C26H22N2O7/c1-15(2)34-26(32)18-6-4-16(5-7-18)22-13-12-20(35-22)14-21-23(29)27-28(24(21)30)19-10-8-17(9-11-19)25(31)33-3/h4-15H,1-3H3,(H,27,29)/b21-14+. The highest BCUT2D eigenvalue weighted by Crippen LogP contribution is 2.26. The molecule has 1 aromatic heterocycles. The number of carbonyl (C=O) groups is 4. The van der Waals surface area contributed by atoms with E-state index >= 15 is 0 Å². The number of furan rings is 1. The van der Waals surface area contributed by atoms with Crippen LogP contribution in [0, 0.1) is 0 Å². The summed E-state index contributed by atoms with van der Waals surface area (Å²) < 4.78 is 15.6. The highest BCUT2D eigenvalue weighted by atomic mass is 16.5. The van der Waals surface area contributed by atoms with Gasteiger partial charge in [0, 0.05) is 5.56 Å². The third-order valence-electron chi connectivity index (χ3n) is 5.10. The summed E-state index contributed by atoms with van der Waals surface area (Å²) in [6.07, 6.45) is 1.15. The molecule has 0 bridgehead atoms. The van der Waals surface area contributed by atoms with Crippen LogP contribution in [0.3, 0.4) is 0 Å². The Labute approximate surface area is 200 Å². The number of benzene rings is 2. The van der Waals surface area contributed by atoms with Gasteiger partial charge in [0.15, 0.2) is 0 Å². The summed E-state index contributed by atoms with van der Waals surface area (Å²) in [5.41, 5.74) is 4.23. The molecule has 1 saturated heterocycles. The minimum Gasteiger partial charge on any atom is -0.465 e. The van der Waals surface area contributed by atoms with E-state index in [2.05, 4.69) is 10.2 Å². The van der Waals surface area contributed by atoms with Crippen molar-refractivity contribution in [2.75, 3.05) is 12.1 Å². The SMILES string of the molecule is COC(=O)c1ccc(N2NC(=O)/C(=C\c3ccc(-c4ccc(C(=O)OC(C)C)cc4)o3)C2=O)cc1. The predicted molar refractivity (Wildman–Crippen MR) is 126 cm³/mol. The monoisotopic (exact) mass is 474 g/mol. The van der Waals surface area contributed by atoms with Crippen LogP contribution < -0.4 is 10.4 Å². The van der Waals surface area contributed by atoms with Crippen molar-refractivity contribution in [2.45, 2.75) is 20.0 Å². The zero-order valence-electron chi connectivity index (χ0n) is 19.2. The molecule has 9 heteroatoms. The number of rotatable bonds is 6. The van der Waals surface area contributed by atoms with Gasteiger partial charge in [0.25, 0.3) is 11.8 Å². The minimum atomic E-state index is -0.585.